The average Bonchev–Trinajstić information content (AvgIpc) is 3.13. The molecule has 3 aromatic rings. The van der Waals surface area contributed by atoms with Gasteiger partial charge in [0.25, 0.3) is 5.91 Å². The van der Waals surface area contributed by atoms with Crippen molar-refractivity contribution in [1.82, 2.24) is 8.87 Å². The molecule has 1 aromatic heterocycles. The molecule has 0 radical (unpaired) electrons. The van der Waals surface area contributed by atoms with Crippen LogP contribution < -0.4 is 4.80 Å². The summed E-state index contributed by atoms with van der Waals surface area (Å²) in [7, 11) is -2.18. The molecule has 0 bridgehead atoms. The van der Waals surface area contributed by atoms with E-state index in [1.165, 1.54) is 46.3 Å². The number of fused-ring (bicyclic) bond motifs is 1. The summed E-state index contributed by atoms with van der Waals surface area (Å²) in [6.07, 6.45) is 0.986. The average molecular weight is 524 g/mol. The molecule has 2 unspecified atom stereocenters. The van der Waals surface area contributed by atoms with Gasteiger partial charge >= 0.3 is 0 Å². The van der Waals surface area contributed by atoms with E-state index in [1.54, 1.807) is 0 Å². The Morgan fingerprint density at radius 2 is 1.80 bits per heavy atom. The van der Waals surface area contributed by atoms with E-state index in [2.05, 4.69) is 4.99 Å². The first kappa shape index (κ1) is 25.6. The predicted octanol–water partition coefficient (Wildman–Crippen LogP) is 4.04. The first-order valence-corrected chi connectivity index (χ1v) is 13.5. The summed E-state index contributed by atoms with van der Waals surface area (Å²) in [4.78, 5) is 17.3. The number of methoxy groups -OCH3 is 1. The smallest absolute Gasteiger partial charge is 0.279 e. The highest BCUT2D eigenvalue weighted by atomic mass is 32.2. The quantitative estimate of drug-likeness (QED) is 0.489. The van der Waals surface area contributed by atoms with Gasteiger partial charge in [-0.3, -0.25) is 4.79 Å². The molecule has 11 heteroatoms. The number of piperidine rings is 1. The van der Waals surface area contributed by atoms with Crippen molar-refractivity contribution in [3.05, 3.63) is 58.4 Å². The third-order valence-electron chi connectivity index (χ3n) is 5.99. The number of carbonyl (C=O) groups excluding carboxylic acids is 1. The summed E-state index contributed by atoms with van der Waals surface area (Å²) in [6, 6.07) is 7.62. The first-order valence-electron chi connectivity index (χ1n) is 11.3. The van der Waals surface area contributed by atoms with Gasteiger partial charge < -0.3 is 9.30 Å². The number of rotatable bonds is 6. The summed E-state index contributed by atoms with van der Waals surface area (Å²) < 4.78 is 62.8. The molecular formula is C24H27F2N3O4S2. The molecule has 0 N–H and O–H groups in total. The molecule has 188 valence electrons. The van der Waals surface area contributed by atoms with Gasteiger partial charge in [-0.05, 0) is 48.6 Å². The molecule has 2 heterocycles. The Morgan fingerprint density at radius 3 is 2.43 bits per heavy atom. The van der Waals surface area contributed by atoms with Crippen LogP contribution in [0.15, 0.2) is 46.3 Å². The zero-order valence-electron chi connectivity index (χ0n) is 19.7. The number of hydrogen-bond donors (Lipinski definition) is 0. The maximum Gasteiger partial charge on any atom is 0.279 e. The third-order valence-corrected chi connectivity index (χ3v) is 8.86. The lowest BCUT2D eigenvalue weighted by atomic mass is 9.94. The minimum Gasteiger partial charge on any atom is -0.383 e. The minimum absolute atomic E-state index is 0.116. The second-order valence-electron chi connectivity index (χ2n) is 8.97. The fraction of sp³-hybridized carbons (Fsp3) is 0.417. The summed E-state index contributed by atoms with van der Waals surface area (Å²) in [5, 5.41) is 0. The summed E-state index contributed by atoms with van der Waals surface area (Å²) in [6.45, 7) is 5.46. The van der Waals surface area contributed by atoms with Gasteiger partial charge in [0.2, 0.25) is 10.0 Å². The fourth-order valence-corrected chi connectivity index (χ4v) is 7.25. The van der Waals surface area contributed by atoms with Crippen LogP contribution in [-0.4, -0.2) is 50.0 Å². The molecule has 0 spiro atoms. The van der Waals surface area contributed by atoms with Crippen LogP contribution in [-0.2, 0) is 21.3 Å². The van der Waals surface area contributed by atoms with Gasteiger partial charge in [-0.15, -0.1) is 0 Å². The Hall–Kier alpha value is -2.47. The van der Waals surface area contributed by atoms with Crippen LogP contribution in [0.4, 0.5) is 8.78 Å². The predicted molar refractivity (Wildman–Crippen MR) is 130 cm³/mol. The van der Waals surface area contributed by atoms with Crippen molar-refractivity contribution in [2.24, 2.45) is 16.8 Å². The van der Waals surface area contributed by atoms with Crippen molar-refractivity contribution in [1.29, 1.82) is 0 Å². The van der Waals surface area contributed by atoms with Gasteiger partial charge in [0, 0.05) is 38.4 Å². The van der Waals surface area contributed by atoms with Gasteiger partial charge in [-0.1, -0.05) is 25.2 Å². The summed E-state index contributed by atoms with van der Waals surface area (Å²) in [5.41, 5.74) is 0.332. The largest absolute Gasteiger partial charge is 0.383 e. The Bertz CT molecular complexity index is 1410. The van der Waals surface area contributed by atoms with Crippen molar-refractivity contribution in [2.75, 3.05) is 26.8 Å². The molecule has 2 aromatic carbocycles. The molecule has 1 aliphatic heterocycles. The molecule has 1 amide bonds. The van der Waals surface area contributed by atoms with E-state index >= 15 is 0 Å². The highest BCUT2D eigenvalue weighted by molar-refractivity contribution is 7.89. The van der Waals surface area contributed by atoms with E-state index < -0.39 is 27.6 Å². The molecule has 1 aliphatic rings. The number of nitrogens with zero attached hydrogens (tertiary/aromatic N) is 3. The first-order chi connectivity index (χ1) is 16.6. The number of halogens is 2. The summed E-state index contributed by atoms with van der Waals surface area (Å²) >= 11 is 0.990. The zero-order valence-corrected chi connectivity index (χ0v) is 21.3. The van der Waals surface area contributed by atoms with Gasteiger partial charge in [0.15, 0.2) is 10.6 Å². The van der Waals surface area contributed by atoms with Crippen molar-refractivity contribution in [3.8, 4) is 0 Å². The van der Waals surface area contributed by atoms with E-state index in [-0.39, 0.29) is 45.8 Å². The van der Waals surface area contributed by atoms with Crippen molar-refractivity contribution >= 4 is 37.5 Å². The number of ether oxygens (including phenoxy) is 1. The third kappa shape index (κ3) is 5.37. The number of aromatic nitrogens is 1. The highest BCUT2D eigenvalue weighted by Crippen LogP contribution is 2.27. The maximum atomic E-state index is 14.5. The Balaban J connectivity index is 1.65. The topological polar surface area (TPSA) is 81.0 Å². The van der Waals surface area contributed by atoms with E-state index in [9.17, 15) is 22.0 Å². The molecule has 35 heavy (non-hydrogen) atoms. The van der Waals surface area contributed by atoms with Crippen molar-refractivity contribution in [2.45, 2.75) is 31.7 Å². The van der Waals surface area contributed by atoms with Crippen molar-refractivity contribution < 1.29 is 26.7 Å². The van der Waals surface area contributed by atoms with E-state index in [0.717, 1.165) is 23.8 Å². The van der Waals surface area contributed by atoms with Crippen LogP contribution in [0, 0.1) is 23.5 Å². The van der Waals surface area contributed by atoms with E-state index in [1.807, 2.05) is 13.8 Å². The van der Waals surface area contributed by atoms with Crippen LogP contribution in [0.1, 0.15) is 30.6 Å². The normalized spacial score (nSPS) is 20.0. The molecule has 0 saturated carbocycles. The molecule has 4 rings (SSSR count). The zero-order chi connectivity index (χ0) is 25.3. The number of amides is 1. The molecular weight excluding hydrogens is 496 g/mol. The number of sulfonamides is 1. The van der Waals surface area contributed by atoms with Crippen molar-refractivity contribution in [3.63, 3.8) is 0 Å². The molecule has 2 atom stereocenters. The number of thiazole rings is 1. The second kappa shape index (κ2) is 10.3. The van der Waals surface area contributed by atoms with Crippen LogP contribution in [0.3, 0.4) is 0 Å². The Labute approximate surface area is 206 Å². The van der Waals surface area contributed by atoms with Gasteiger partial charge in [0.1, 0.15) is 5.82 Å². The highest BCUT2D eigenvalue weighted by Gasteiger charge is 2.31. The van der Waals surface area contributed by atoms with E-state index in [4.69, 9.17) is 4.74 Å². The van der Waals surface area contributed by atoms with Gasteiger partial charge in [-0.25, -0.2) is 17.2 Å². The lowest BCUT2D eigenvalue weighted by Gasteiger charge is -2.34. The second-order valence-corrected chi connectivity index (χ2v) is 11.9. The van der Waals surface area contributed by atoms with Crippen LogP contribution >= 0.6 is 11.3 Å². The number of hydrogen-bond acceptors (Lipinski definition) is 5. The SMILES string of the molecule is COCCn1c(=NC(=O)c2ccc(S(=O)(=O)N3CC(C)CC(C)C3)cc2)sc2cc(F)cc(F)c21. The van der Waals surface area contributed by atoms with Gasteiger partial charge in [0.05, 0.1) is 21.7 Å². The minimum atomic E-state index is -3.67. The Kier molecular flexibility index (Phi) is 7.51. The lowest BCUT2D eigenvalue weighted by Crippen LogP contribution is -2.42. The maximum absolute atomic E-state index is 14.5. The van der Waals surface area contributed by atoms with Crippen LogP contribution in [0.25, 0.3) is 10.2 Å². The molecule has 1 fully saturated rings. The summed E-state index contributed by atoms with van der Waals surface area (Å²) in [5.74, 6) is -1.54. The molecule has 1 saturated heterocycles. The monoisotopic (exact) mass is 523 g/mol. The van der Waals surface area contributed by atoms with E-state index in [0.29, 0.717) is 17.8 Å². The van der Waals surface area contributed by atoms with Crippen LogP contribution in [0.5, 0.6) is 0 Å². The Morgan fingerprint density at radius 1 is 1.14 bits per heavy atom. The molecule has 0 aliphatic carbocycles. The number of benzene rings is 2. The number of carbonyl (C=O) groups is 1. The van der Waals surface area contributed by atoms with Crippen LogP contribution in [0.2, 0.25) is 0 Å². The molecule has 7 nitrogen and oxygen atoms in total. The lowest BCUT2D eigenvalue weighted by molar-refractivity contribution is 0.0997. The van der Waals surface area contributed by atoms with Gasteiger partial charge in [-0.2, -0.15) is 9.30 Å². The fourth-order valence-electron chi connectivity index (χ4n) is 4.48. The standard InChI is InChI=1S/C24H27F2N3O4S2/c1-15-10-16(2)14-28(13-15)35(31,32)19-6-4-17(5-7-19)23(30)27-24-29(8-9-33-3)22-20(26)11-18(25)12-21(22)34-24/h4-7,11-12,15-16H,8-10,13-14H2,1-3H3.